The number of ether oxygens (including phenoxy) is 3. The molecule has 16 aromatic rings. The number of hydrogen-bond donors (Lipinski definition) is 1. The Morgan fingerprint density at radius 3 is 0.796 bits per heavy atom. The van der Waals surface area contributed by atoms with Crippen LogP contribution < -0.4 is 77.3 Å². The van der Waals surface area contributed by atoms with E-state index < -0.39 is 0 Å². The molecule has 22 rings (SSSR count). The average molecular weight is 1910 g/mol. The van der Waals surface area contributed by atoms with Crippen LogP contribution in [0.3, 0.4) is 0 Å². The minimum absolute atomic E-state index is 0.114. The molecule has 14 heteroatoms. The van der Waals surface area contributed by atoms with E-state index in [1.54, 1.807) is 23.9 Å². The molecule has 9 heterocycles. The fourth-order valence-corrected chi connectivity index (χ4v) is 25.7. The molecule has 0 unspecified atom stereocenters. The van der Waals surface area contributed by atoms with Crippen LogP contribution in [0.15, 0.2) is 182 Å². The number of para-hydroxylation sites is 2. The molecule has 0 saturated carbocycles. The Balaban J connectivity index is 0.830. The molecule has 0 fully saturated rings. The largest absolute Gasteiger partial charge is 0.458 e. The molecular weight excluding hydrogens is 1770 g/mol. The smallest absolute Gasteiger partial charge is 0.260 e. The second-order valence-electron chi connectivity index (χ2n) is 54.9. The predicted molar refractivity (Wildman–Crippen MR) is 621 cm³/mol. The summed E-state index contributed by atoms with van der Waals surface area (Å²) >= 11 is 3.59. The van der Waals surface area contributed by atoms with Gasteiger partial charge in [0, 0.05) is 91.6 Å². The zero-order chi connectivity index (χ0) is 102. The topological polar surface area (TPSA) is 61.0 Å². The third-order valence-electron chi connectivity index (χ3n) is 32.1. The van der Waals surface area contributed by atoms with Crippen molar-refractivity contribution in [1.82, 2.24) is 13.7 Å². The van der Waals surface area contributed by atoms with Crippen molar-refractivity contribution in [3.05, 3.63) is 249 Å². The highest BCUT2D eigenvalue weighted by molar-refractivity contribution is 8.00. The van der Waals surface area contributed by atoms with Crippen molar-refractivity contribution in [3.8, 4) is 51.6 Å². The number of nitrogens with zero attached hydrogens (tertiary/aromatic N) is 5. The molecule has 6 aliphatic heterocycles. The van der Waals surface area contributed by atoms with Gasteiger partial charge >= 0.3 is 0 Å². The minimum Gasteiger partial charge on any atom is -0.458 e. The molecular formula is C128H145B3N6O3S2. The number of hydrogen-bond acceptors (Lipinski definition) is 8. The lowest BCUT2D eigenvalue weighted by Gasteiger charge is -2.44. The van der Waals surface area contributed by atoms with Crippen molar-refractivity contribution >= 4 is 193 Å². The van der Waals surface area contributed by atoms with E-state index in [4.69, 9.17) is 14.2 Å². The van der Waals surface area contributed by atoms with Gasteiger partial charge in [0.2, 0.25) is 0 Å². The SMILES string of the molecule is CSN1c2cc3c(cc2B2c4cc5c(cc4N(SC)c4cc(-n6c7c(C(C)(C)C)cc(C(C)(C)C)cc7c7cc(C(C)(C)C)cc(C(C)(C)C)c76)cc1c42)Oc1cc(-n2c4c(C(C)(C)C)cc(C(C)(C)C)cc4c4cc(C(C)(C)C)cc(C(C)(C)C)c42)cc2c1B5c1ccccc1O2)B1c2ccccc2Oc2cc(-n4c5c(C(C)(C)C)cc(C(C)(C)C)cc5c5cc(C(C)(C)C)cc(C(C)(C)C)c54)cc(c21)N3. The second kappa shape index (κ2) is 30.8. The van der Waals surface area contributed by atoms with Gasteiger partial charge < -0.3 is 33.2 Å². The number of aromatic nitrogens is 3. The molecule has 0 saturated heterocycles. The van der Waals surface area contributed by atoms with Gasteiger partial charge in [-0.2, -0.15) is 0 Å². The van der Waals surface area contributed by atoms with E-state index in [1.807, 2.05) is 0 Å². The van der Waals surface area contributed by atoms with Gasteiger partial charge in [0.25, 0.3) is 20.1 Å². The highest BCUT2D eigenvalue weighted by Crippen LogP contribution is 2.56. The molecule has 0 spiro atoms. The van der Waals surface area contributed by atoms with E-state index in [1.165, 1.54) is 154 Å². The van der Waals surface area contributed by atoms with Crippen LogP contribution in [-0.2, 0) is 65.0 Å². The molecule has 0 aliphatic carbocycles. The second-order valence-corrected chi connectivity index (χ2v) is 56.4. The van der Waals surface area contributed by atoms with Crippen molar-refractivity contribution in [1.29, 1.82) is 0 Å². The van der Waals surface area contributed by atoms with E-state index in [-0.39, 0.29) is 85.1 Å². The lowest BCUT2D eigenvalue weighted by atomic mass is 9.29. The van der Waals surface area contributed by atoms with Crippen LogP contribution in [0.4, 0.5) is 34.1 Å². The summed E-state index contributed by atoms with van der Waals surface area (Å²) in [7, 11) is 0. The normalized spacial score (nSPS) is 14.9. The Bertz CT molecular complexity index is 7560. The molecule has 6 aliphatic rings. The predicted octanol–water partition coefficient (Wildman–Crippen LogP) is 29.9. The summed E-state index contributed by atoms with van der Waals surface area (Å²) < 4.78 is 36.5. The van der Waals surface area contributed by atoms with Crippen LogP contribution >= 0.6 is 23.9 Å². The highest BCUT2D eigenvalue weighted by atomic mass is 32.2. The lowest BCUT2D eigenvalue weighted by molar-refractivity contribution is 0.464. The fraction of sp³-hybridized carbons (Fsp3) is 0.391. The molecule has 142 heavy (non-hydrogen) atoms. The lowest BCUT2D eigenvalue weighted by Crippen LogP contribution is -2.65. The van der Waals surface area contributed by atoms with Crippen molar-refractivity contribution in [2.45, 2.75) is 314 Å². The third kappa shape index (κ3) is 14.7. The van der Waals surface area contributed by atoms with Gasteiger partial charge in [-0.1, -0.05) is 334 Å². The Morgan fingerprint density at radius 2 is 0.486 bits per heavy atom. The first kappa shape index (κ1) is 95.8. The zero-order valence-electron chi connectivity index (χ0n) is 91.8. The zero-order valence-corrected chi connectivity index (χ0v) is 93.5. The van der Waals surface area contributed by atoms with Crippen molar-refractivity contribution < 1.29 is 14.2 Å². The monoisotopic (exact) mass is 1910 g/mol. The van der Waals surface area contributed by atoms with E-state index in [0.717, 1.165) is 113 Å². The summed E-state index contributed by atoms with van der Waals surface area (Å²) in [5.41, 5.74) is 41.4. The maximum atomic E-state index is 8.09. The molecule has 9 nitrogen and oxygen atoms in total. The standard InChI is InChI=1S/C128H145B3N6O3S2/c1-117(2,3)69-47-78-79-48-70(118(4,5)6)54-85(124(22,23)24)112(79)133(111(78)84(53-69)123(19,20)21)75-59-97-108-105(62-75)138-102-45-41-39-43-90(102)129(108)92-65-93-98(67-96(92)132-97)136(141-37)100-60-76(134-113-80(49-71(119(7,8)9)55-86(113)125(25,26)27)81-50-72(120(10,11)12)56-87(114(81)134)126(28,29)30)61-101-109(100)131(93)94-66-95-104(68-99(94)137(101)142-38)140-107-64-77(63-106-110(107)130(95)91-44-40-42-46-103(91)139-106)135-115-82(51-73(121(13,14)15)57-88(115)127(31,32)33)83-52-74(122(16,17)18)58-89(116(83)135)128(34,35)36/h39-68,132H,1-38H3. The quantitative estimate of drug-likeness (QED) is 0.135. The van der Waals surface area contributed by atoms with E-state index in [0.29, 0.717) is 0 Å². The Morgan fingerprint density at radius 1 is 0.218 bits per heavy atom. The van der Waals surface area contributed by atoms with Gasteiger partial charge in [-0.15, -0.1) is 0 Å². The first-order valence-corrected chi connectivity index (χ1v) is 54.4. The first-order chi connectivity index (χ1) is 65.9. The summed E-state index contributed by atoms with van der Waals surface area (Å²) in [5.74, 6) is 5.00. The Hall–Kier alpha value is -11.0. The maximum Gasteiger partial charge on any atom is 0.260 e. The van der Waals surface area contributed by atoms with Crippen LogP contribution in [0.5, 0.6) is 34.5 Å². The van der Waals surface area contributed by atoms with Crippen molar-refractivity contribution in [2.75, 3.05) is 26.4 Å². The van der Waals surface area contributed by atoms with E-state index in [2.05, 4.69) is 471 Å². The van der Waals surface area contributed by atoms with Gasteiger partial charge in [0.1, 0.15) is 34.5 Å². The van der Waals surface area contributed by atoms with Gasteiger partial charge in [-0.05, 0) is 272 Å². The molecule has 0 amide bonds. The number of anilines is 6. The number of fused-ring (bicyclic) bond motifs is 21. The number of rotatable bonds is 5. The summed E-state index contributed by atoms with van der Waals surface area (Å²) in [5, 5.41) is 12.1. The minimum atomic E-state index is -0.302. The summed E-state index contributed by atoms with van der Waals surface area (Å²) in [6, 6.07) is 73.3. The fourth-order valence-electron chi connectivity index (χ4n) is 24.3. The Kier molecular flexibility index (Phi) is 20.8. The highest BCUT2D eigenvalue weighted by Gasteiger charge is 2.51. The molecule has 726 valence electrons. The van der Waals surface area contributed by atoms with Crippen LogP contribution in [0.1, 0.15) is 316 Å². The molecule has 0 bridgehead atoms. The molecule has 3 aromatic heterocycles. The van der Waals surface area contributed by atoms with Gasteiger partial charge in [-0.25, -0.2) is 0 Å². The van der Waals surface area contributed by atoms with Gasteiger partial charge in [0.05, 0.1) is 67.2 Å². The first-order valence-electron chi connectivity index (χ1n) is 52.0. The summed E-state index contributed by atoms with van der Waals surface area (Å²) in [4.78, 5) is 0. The van der Waals surface area contributed by atoms with Gasteiger partial charge in [-0.3, -0.25) is 8.61 Å². The third-order valence-corrected chi connectivity index (χ3v) is 33.6. The van der Waals surface area contributed by atoms with Crippen LogP contribution in [-0.4, -0.2) is 46.4 Å². The molecule has 13 aromatic carbocycles. The van der Waals surface area contributed by atoms with E-state index >= 15 is 0 Å². The van der Waals surface area contributed by atoms with Gasteiger partial charge in [0.15, 0.2) is 0 Å². The van der Waals surface area contributed by atoms with Crippen LogP contribution in [0.25, 0.3) is 82.5 Å². The van der Waals surface area contributed by atoms with Crippen molar-refractivity contribution in [2.24, 2.45) is 0 Å². The van der Waals surface area contributed by atoms with Crippen LogP contribution in [0, 0.1) is 0 Å². The van der Waals surface area contributed by atoms with Crippen molar-refractivity contribution in [3.63, 3.8) is 0 Å². The maximum absolute atomic E-state index is 8.09. The molecule has 0 atom stereocenters. The number of benzene rings is 13. The molecule has 1 N–H and O–H groups in total. The Labute approximate surface area is 855 Å². The average Bonchev–Trinajstić information content (AvgIpc) is 0.742. The summed E-state index contributed by atoms with van der Waals surface area (Å²) in [6.45, 7) is 85.3. The number of nitrogens with one attached hydrogen (secondary N) is 1. The van der Waals surface area contributed by atoms with Crippen LogP contribution in [0.2, 0.25) is 0 Å². The van der Waals surface area contributed by atoms with E-state index in [9.17, 15) is 0 Å². The summed E-state index contributed by atoms with van der Waals surface area (Å²) in [6.07, 6.45) is 4.59. The molecule has 0 radical (unpaired) electrons.